The van der Waals surface area contributed by atoms with E-state index in [0.717, 1.165) is 38.5 Å². The molecule has 8 heteroatoms. The Morgan fingerprint density at radius 2 is 2.00 bits per heavy atom. The average Bonchev–Trinajstić information content (AvgIpc) is 3.24. The molecule has 0 spiro atoms. The summed E-state index contributed by atoms with van der Waals surface area (Å²) >= 11 is 0. The molecular weight excluding hydrogens is 348 g/mol. The summed E-state index contributed by atoms with van der Waals surface area (Å²) < 4.78 is 5.96. The second-order valence-electron chi connectivity index (χ2n) is 7.29. The van der Waals surface area contributed by atoms with Crippen LogP contribution in [0.5, 0.6) is 0 Å². The summed E-state index contributed by atoms with van der Waals surface area (Å²) in [6.07, 6.45) is 10.3. The number of aliphatic hydroxyl groups is 1. The lowest BCUT2D eigenvalue weighted by molar-refractivity contribution is -0.131. The van der Waals surface area contributed by atoms with E-state index < -0.39 is 6.10 Å². The molecule has 0 unspecified atom stereocenters. The SMILES string of the molecule is O=C(NCC[C@H]1CC[C@@H](NC(=O)C2CCCC2)[C@@H](CO)O1)c1cnccn1. The molecule has 1 aromatic rings. The maximum atomic E-state index is 12.3. The van der Waals surface area contributed by atoms with Gasteiger partial charge in [-0.15, -0.1) is 0 Å². The molecule has 1 saturated heterocycles. The summed E-state index contributed by atoms with van der Waals surface area (Å²) in [5.41, 5.74) is 0.282. The molecule has 2 heterocycles. The summed E-state index contributed by atoms with van der Waals surface area (Å²) in [6, 6.07) is -0.145. The highest BCUT2D eigenvalue weighted by Crippen LogP contribution is 2.26. The van der Waals surface area contributed by atoms with E-state index in [0.29, 0.717) is 13.0 Å². The molecule has 148 valence electrons. The number of aromatic nitrogens is 2. The third kappa shape index (κ3) is 5.46. The van der Waals surface area contributed by atoms with Gasteiger partial charge in [0, 0.05) is 24.9 Å². The van der Waals surface area contributed by atoms with Crippen molar-refractivity contribution in [2.45, 2.75) is 63.2 Å². The maximum Gasteiger partial charge on any atom is 0.271 e. The van der Waals surface area contributed by atoms with Crippen LogP contribution in [-0.4, -0.2) is 58.3 Å². The zero-order valence-electron chi connectivity index (χ0n) is 15.5. The van der Waals surface area contributed by atoms with Gasteiger partial charge in [-0.05, 0) is 32.1 Å². The molecule has 0 radical (unpaired) electrons. The monoisotopic (exact) mass is 376 g/mol. The van der Waals surface area contributed by atoms with Gasteiger partial charge in [-0.2, -0.15) is 0 Å². The highest BCUT2D eigenvalue weighted by Gasteiger charge is 2.33. The minimum absolute atomic E-state index is 0.0519. The largest absolute Gasteiger partial charge is 0.394 e. The van der Waals surface area contributed by atoms with E-state index in [2.05, 4.69) is 20.6 Å². The van der Waals surface area contributed by atoms with E-state index in [1.165, 1.54) is 18.6 Å². The lowest BCUT2D eigenvalue weighted by atomic mass is 9.96. The van der Waals surface area contributed by atoms with E-state index in [1.807, 2.05) is 0 Å². The first-order valence-corrected chi connectivity index (χ1v) is 9.78. The second-order valence-corrected chi connectivity index (χ2v) is 7.29. The van der Waals surface area contributed by atoms with Crippen molar-refractivity contribution in [2.75, 3.05) is 13.2 Å². The predicted octanol–water partition coefficient (Wildman–Crippen LogP) is 0.811. The molecule has 27 heavy (non-hydrogen) atoms. The van der Waals surface area contributed by atoms with Crippen LogP contribution in [0.2, 0.25) is 0 Å². The summed E-state index contributed by atoms with van der Waals surface area (Å²) in [5.74, 6) is -0.0630. The van der Waals surface area contributed by atoms with Crippen molar-refractivity contribution < 1.29 is 19.4 Å². The van der Waals surface area contributed by atoms with Crippen molar-refractivity contribution in [2.24, 2.45) is 5.92 Å². The van der Waals surface area contributed by atoms with Crippen molar-refractivity contribution in [1.82, 2.24) is 20.6 Å². The lowest BCUT2D eigenvalue weighted by Gasteiger charge is -2.36. The minimum Gasteiger partial charge on any atom is -0.394 e. The van der Waals surface area contributed by atoms with Crippen LogP contribution in [0.3, 0.4) is 0 Å². The number of nitrogens with one attached hydrogen (secondary N) is 2. The number of amides is 2. The number of carbonyl (C=O) groups excluding carboxylic acids is 2. The van der Waals surface area contributed by atoms with Crippen molar-refractivity contribution in [1.29, 1.82) is 0 Å². The highest BCUT2D eigenvalue weighted by molar-refractivity contribution is 5.91. The van der Waals surface area contributed by atoms with Crippen LogP contribution in [0.15, 0.2) is 18.6 Å². The zero-order chi connectivity index (χ0) is 19.1. The Labute approximate surface area is 159 Å². The lowest BCUT2D eigenvalue weighted by Crippen LogP contribution is -2.52. The summed E-state index contributed by atoms with van der Waals surface area (Å²) in [5, 5.41) is 15.5. The summed E-state index contributed by atoms with van der Waals surface area (Å²) in [6.45, 7) is 0.329. The number of aliphatic hydroxyl groups excluding tert-OH is 1. The molecule has 3 atom stereocenters. The van der Waals surface area contributed by atoms with Crippen molar-refractivity contribution in [3.05, 3.63) is 24.3 Å². The number of ether oxygens (including phenoxy) is 1. The molecule has 3 N–H and O–H groups in total. The number of rotatable bonds is 7. The van der Waals surface area contributed by atoms with Crippen molar-refractivity contribution in [3.63, 3.8) is 0 Å². The van der Waals surface area contributed by atoms with Gasteiger partial charge in [0.2, 0.25) is 5.91 Å². The Balaban J connectivity index is 1.41. The third-order valence-corrected chi connectivity index (χ3v) is 5.40. The Hall–Kier alpha value is -2.06. The smallest absolute Gasteiger partial charge is 0.271 e. The molecule has 2 aliphatic rings. The fourth-order valence-electron chi connectivity index (χ4n) is 3.85. The van der Waals surface area contributed by atoms with Gasteiger partial charge in [0.25, 0.3) is 5.91 Å². The predicted molar refractivity (Wildman–Crippen MR) is 97.9 cm³/mol. The zero-order valence-corrected chi connectivity index (χ0v) is 15.5. The Bertz CT molecular complexity index is 621. The summed E-state index contributed by atoms with van der Waals surface area (Å²) in [4.78, 5) is 32.1. The maximum absolute atomic E-state index is 12.3. The van der Waals surface area contributed by atoms with E-state index in [1.54, 1.807) is 0 Å². The van der Waals surface area contributed by atoms with Gasteiger partial charge in [-0.1, -0.05) is 12.8 Å². The fourth-order valence-corrected chi connectivity index (χ4v) is 3.85. The molecule has 3 rings (SSSR count). The van der Waals surface area contributed by atoms with Gasteiger partial charge in [-0.3, -0.25) is 14.6 Å². The van der Waals surface area contributed by atoms with Crippen LogP contribution >= 0.6 is 0 Å². The van der Waals surface area contributed by atoms with Gasteiger partial charge >= 0.3 is 0 Å². The molecule has 1 aromatic heterocycles. The number of hydrogen-bond acceptors (Lipinski definition) is 6. The van der Waals surface area contributed by atoms with Gasteiger partial charge in [0.1, 0.15) is 11.8 Å². The minimum atomic E-state index is -0.398. The van der Waals surface area contributed by atoms with E-state index in [-0.39, 0.29) is 42.2 Å². The fraction of sp³-hybridized carbons (Fsp3) is 0.684. The quantitative estimate of drug-likeness (QED) is 0.649. The van der Waals surface area contributed by atoms with Crippen LogP contribution in [0, 0.1) is 5.92 Å². The van der Waals surface area contributed by atoms with Gasteiger partial charge in [0.05, 0.1) is 24.9 Å². The van der Waals surface area contributed by atoms with Crippen LogP contribution in [0.1, 0.15) is 55.4 Å². The molecule has 1 aliphatic carbocycles. The van der Waals surface area contributed by atoms with E-state index in [4.69, 9.17) is 4.74 Å². The first-order chi connectivity index (χ1) is 13.2. The normalized spacial score (nSPS) is 25.9. The first-order valence-electron chi connectivity index (χ1n) is 9.78. The van der Waals surface area contributed by atoms with Gasteiger partial charge in [0.15, 0.2) is 0 Å². The van der Waals surface area contributed by atoms with Crippen LogP contribution in [-0.2, 0) is 9.53 Å². The van der Waals surface area contributed by atoms with Crippen molar-refractivity contribution >= 4 is 11.8 Å². The molecular formula is C19H28N4O4. The Morgan fingerprint density at radius 3 is 2.70 bits per heavy atom. The number of nitrogens with zero attached hydrogens (tertiary/aromatic N) is 2. The molecule has 8 nitrogen and oxygen atoms in total. The second kappa shape index (κ2) is 9.75. The molecule has 0 bridgehead atoms. The number of carbonyl (C=O) groups is 2. The summed E-state index contributed by atoms with van der Waals surface area (Å²) in [7, 11) is 0. The standard InChI is InChI=1S/C19H28N4O4/c24-12-17-15(23-18(25)13-3-1-2-4-13)6-5-14(27-17)7-8-22-19(26)16-11-20-9-10-21-16/h9-11,13-15,17,24H,1-8,12H2,(H,22,26)(H,23,25)/t14-,15-,17-/m1/s1. The van der Waals surface area contributed by atoms with Crippen LogP contribution in [0.4, 0.5) is 0 Å². The topological polar surface area (TPSA) is 113 Å². The van der Waals surface area contributed by atoms with E-state index >= 15 is 0 Å². The van der Waals surface area contributed by atoms with Gasteiger partial charge in [-0.25, -0.2) is 4.98 Å². The average molecular weight is 376 g/mol. The molecule has 0 aromatic carbocycles. The van der Waals surface area contributed by atoms with Crippen LogP contribution < -0.4 is 10.6 Å². The third-order valence-electron chi connectivity index (χ3n) is 5.40. The van der Waals surface area contributed by atoms with Crippen molar-refractivity contribution in [3.8, 4) is 0 Å². The Kier molecular flexibility index (Phi) is 7.11. The molecule has 2 fully saturated rings. The van der Waals surface area contributed by atoms with Gasteiger partial charge < -0.3 is 20.5 Å². The highest BCUT2D eigenvalue weighted by atomic mass is 16.5. The molecule has 2 amide bonds. The molecule has 1 aliphatic heterocycles. The van der Waals surface area contributed by atoms with Crippen LogP contribution in [0.25, 0.3) is 0 Å². The van der Waals surface area contributed by atoms with E-state index in [9.17, 15) is 14.7 Å². The number of hydrogen-bond donors (Lipinski definition) is 3. The molecule has 1 saturated carbocycles. The first kappa shape index (κ1) is 19.7. The Morgan fingerprint density at radius 1 is 1.19 bits per heavy atom.